The van der Waals surface area contributed by atoms with Gasteiger partial charge in [-0.25, -0.2) is 9.37 Å². The summed E-state index contributed by atoms with van der Waals surface area (Å²) in [5, 5.41) is 12.7. The quantitative estimate of drug-likeness (QED) is 0.683. The first-order valence-electron chi connectivity index (χ1n) is 11.3. The third kappa shape index (κ3) is 5.10. The molecule has 2 heterocycles. The fraction of sp³-hybridized carbons (Fsp3) is 0.542. The van der Waals surface area contributed by atoms with Gasteiger partial charge in [-0.1, -0.05) is 6.92 Å². The molecule has 0 unspecified atom stereocenters. The van der Waals surface area contributed by atoms with E-state index in [-0.39, 0.29) is 35.6 Å². The number of aliphatic hydroxyl groups is 1. The molecule has 1 amide bonds. The zero-order valence-electron chi connectivity index (χ0n) is 17.9. The maximum absolute atomic E-state index is 14.4. The van der Waals surface area contributed by atoms with Crippen LogP contribution in [0.25, 0.3) is 0 Å². The minimum absolute atomic E-state index is 0.0738. The first-order valence-corrected chi connectivity index (χ1v) is 11.3. The van der Waals surface area contributed by atoms with Crippen molar-refractivity contribution in [2.24, 2.45) is 11.7 Å². The van der Waals surface area contributed by atoms with E-state index in [1.165, 1.54) is 12.1 Å². The maximum Gasteiger partial charge on any atom is 0.274 e. The Kier molecular flexibility index (Phi) is 6.62. The van der Waals surface area contributed by atoms with Gasteiger partial charge < -0.3 is 16.2 Å². The molecule has 7 heteroatoms. The van der Waals surface area contributed by atoms with E-state index in [0.29, 0.717) is 43.0 Å². The Morgan fingerprint density at radius 2 is 1.90 bits per heavy atom. The summed E-state index contributed by atoms with van der Waals surface area (Å²) >= 11 is 0. The maximum atomic E-state index is 14.4. The van der Waals surface area contributed by atoms with Crippen molar-refractivity contribution in [2.75, 3.05) is 5.32 Å². The molecule has 0 bridgehead atoms. The minimum Gasteiger partial charge on any atom is -0.393 e. The Morgan fingerprint density at radius 3 is 2.65 bits per heavy atom. The molecule has 0 aromatic carbocycles. The highest BCUT2D eigenvalue weighted by atomic mass is 19.1. The number of nitrogens with two attached hydrogens (primary N) is 1. The monoisotopic (exact) mass is 426 g/mol. The van der Waals surface area contributed by atoms with Crippen LogP contribution >= 0.6 is 0 Å². The first-order chi connectivity index (χ1) is 14.9. The van der Waals surface area contributed by atoms with E-state index < -0.39 is 5.82 Å². The second-order valence-corrected chi connectivity index (χ2v) is 9.26. The van der Waals surface area contributed by atoms with E-state index in [2.05, 4.69) is 22.2 Å². The van der Waals surface area contributed by atoms with Crippen LogP contribution in [0.2, 0.25) is 0 Å². The number of nitrogens with zero attached hydrogens (tertiary/aromatic N) is 2. The van der Waals surface area contributed by atoms with Crippen molar-refractivity contribution in [1.82, 2.24) is 9.97 Å². The molecule has 2 aromatic rings. The molecule has 2 fully saturated rings. The number of pyridine rings is 2. The number of aliphatic hydroxyl groups excluding tert-OH is 1. The van der Waals surface area contributed by atoms with E-state index in [9.17, 15) is 14.3 Å². The number of carbonyl (C=O) groups is 1. The summed E-state index contributed by atoms with van der Waals surface area (Å²) in [6.07, 6.45) is 8.58. The smallest absolute Gasteiger partial charge is 0.274 e. The van der Waals surface area contributed by atoms with Crippen LogP contribution in [0.4, 0.5) is 10.1 Å². The Hall–Kier alpha value is -2.38. The van der Waals surface area contributed by atoms with E-state index in [4.69, 9.17) is 5.73 Å². The van der Waals surface area contributed by atoms with Crippen LogP contribution in [0.15, 0.2) is 30.6 Å². The Morgan fingerprint density at radius 1 is 1.13 bits per heavy atom. The molecule has 31 heavy (non-hydrogen) atoms. The molecule has 2 aliphatic rings. The lowest BCUT2D eigenvalue weighted by atomic mass is 9.76. The van der Waals surface area contributed by atoms with Gasteiger partial charge in [-0.2, -0.15) is 0 Å². The largest absolute Gasteiger partial charge is 0.393 e. The molecular formula is C24H31FN4O2. The first kappa shape index (κ1) is 21.8. The third-order valence-electron chi connectivity index (χ3n) is 6.71. The van der Waals surface area contributed by atoms with Crippen LogP contribution in [-0.2, 0) is 0 Å². The standard InChI is InChI=1S/C24H31FN4O2/c1-14-10-16(12-17(26)11-14)19-8-9-27-13-22(19)29-24(31)21-7-6-20(25)23(28-21)15-2-4-18(30)5-3-15/h6-9,13-18,30H,2-5,10-12,26H2,1H3,(H,29,31)/t14-,15-,16+,17-,18-/m0/s1. The Bertz CT molecular complexity index is 920. The second kappa shape index (κ2) is 9.40. The number of amides is 1. The van der Waals surface area contributed by atoms with Gasteiger partial charge in [0.1, 0.15) is 11.5 Å². The van der Waals surface area contributed by atoms with Crippen LogP contribution in [0.3, 0.4) is 0 Å². The molecule has 4 rings (SSSR count). The van der Waals surface area contributed by atoms with Gasteiger partial charge in [0.05, 0.1) is 23.7 Å². The van der Waals surface area contributed by atoms with Crippen molar-refractivity contribution >= 4 is 11.6 Å². The van der Waals surface area contributed by atoms with Gasteiger partial charge in [0.25, 0.3) is 5.91 Å². The highest BCUT2D eigenvalue weighted by Crippen LogP contribution is 2.38. The van der Waals surface area contributed by atoms with Gasteiger partial charge in [0.2, 0.25) is 0 Å². The lowest BCUT2D eigenvalue weighted by Crippen LogP contribution is -2.31. The van der Waals surface area contributed by atoms with E-state index >= 15 is 0 Å². The number of carbonyl (C=O) groups excluding carboxylic acids is 1. The summed E-state index contributed by atoms with van der Waals surface area (Å²) in [5.41, 5.74) is 8.44. The highest BCUT2D eigenvalue weighted by molar-refractivity contribution is 6.03. The summed E-state index contributed by atoms with van der Waals surface area (Å²) in [6, 6.07) is 4.83. The second-order valence-electron chi connectivity index (χ2n) is 9.26. The van der Waals surface area contributed by atoms with Gasteiger partial charge >= 0.3 is 0 Å². The Balaban J connectivity index is 1.53. The summed E-state index contributed by atoms with van der Waals surface area (Å²) in [6.45, 7) is 2.21. The topological polar surface area (TPSA) is 101 Å². The molecular weight excluding hydrogens is 395 g/mol. The zero-order chi connectivity index (χ0) is 22.0. The molecule has 0 saturated heterocycles. The average Bonchev–Trinajstić information content (AvgIpc) is 2.74. The van der Waals surface area contributed by atoms with Crippen LogP contribution < -0.4 is 11.1 Å². The number of halogens is 1. The molecule has 2 saturated carbocycles. The van der Waals surface area contributed by atoms with Crippen molar-refractivity contribution < 1.29 is 14.3 Å². The van der Waals surface area contributed by atoms with Gasteiger partial charge in [0.15, 0.2) is 0 Å². The predicted molar refractivity (Wildman–Crippen MR) is 117 cm³/mol. The molecule has 0 spiro atoms. The number of anilines is 1. The van der Waals surface area contributed by atoms with Gasteiger partial charge in [-0.05, 0) is 80.5 Å². The highest BCUT2D eigenvalue weighted by Gasteiger charge is 2.28. The van der Waals surface area contributed by atoms with Gasteiger partial charge in [-0.15, -0.1) is 0 Å². The lowest BCUT2D eigenvalue weighted by molar-refractivity contribution is 0.102. The lowest BCUT2D eigenvalue weighted by Gasteiger charge is -2.32. The molecule has 2 aromatic heterocycles. The average molecular weight is 427 g/mol. The van der Waals surface area contributed by atoms with E-state index in [1.54, 1.807) is 12.4 Å². The fourth-order valence-electron chi connectivity index (χ4n) is 5.18. The minimum atomic E-state index is -0.398. The zero-order valence-corrected chi connectivity index (χ0v) is 17.9. The molecule has 2 aliphatic carbocycles. The summed E-state index contributed by atoms with van der Waals surface area (Å²) < 4.78 is 14.4. The molecule has 3 atom stereocenters. The number of rotatable bonds is 4. The van der Waals surface area contributed by atoms with Crippen molar-refractivity contribution in [3.63, 3.8) is 0 Å². The van der Waals surface area contributed by atoms with Crippen molar-refractivity contribution in [1.29, 1.82) is 0 Å². The van der Waals surface area contributed by atoms with Crippen molar-refractivity contribution in [2.45, 2.75) is 75.9 Å². The normalized spacial score (nSPS) is 28.8. The van der Waals surface area contributed by atoms with Crippen molar-refractivity contribution in [3.05, 3.63) is 53.4 Å². The van der Waals surface area contributed by atoms with Crippen LogP contribution in [0.5, 0.6) is 0 Å². The number of aromatic nitrogens is 2. The summed E-state index contributed by atoms with van der Waals surface area (Å²) in [7, 11) is 0. The van der Waals surface area contributed by atoms with Crippen molar-refractivity contribution in [3.8, 4) is 0 Å². The third-order valence-corrected chi connectivity index (χ3v) is 6.71. The van der Waals surface area contributed by atoms with E-state index in [0.717, 1.165) is 24.8 Å². The number of hydrogen-bond acceptors (Lipinski definition) is 5. The molecule has 0 aliphatic heterocycles. The van der Waals surface area contributed by atoms with Gasteiger partial charge in [-0.3, -0.25) is 9.78 Å². The van der Waals surface area contributed by atoms with E-state index in [1.807, 2.05) is 6.07 Å². The fourth-order valence-corrected chi connectivity index (χ4v) is 5.18. The molecule has 4 N–H and O–H groups in total. The van der Waals surface area contributed by atoms with Crippen LogP contribution in [0.1, 0.15) is 85.5 Å². The summed E-state index contributed by atoms with van der Waals surface area (Å²) in [5.74, 6) is -0.0525. The van der Waals surface area contributed by atoms with Gasteiger partial charge in [0, 0.05) is 18.2 Å². The Labute approximate surface area is 182 Å². The molecule has 0 radical (unpaired) electrons. The summed E-state index contributed by atoms with van der Waals surface area (Å²) in [4.78, 5) is 21.5. The number of hydrogen-bond donors (Lipinski definition) is 3. The predicted octanol–water partition coefficient (Wildman–Crippen LogP) is 4.12. The SMILES string of the molecule is C[C@@H]1C[C@H](N)C[C@H](c2ccncc2NC(=O)c2ccc(F)c([C@H]3CC[C@H](O)CC3)n2)C1. The number of nitrogens with one attached hydrogen (secondary N) is 1. The molecule has 6 nitrogen and oxygen atoms in total. The van der Waals surface area contributed by atoms with Crippen LogP contribution in [0, 0.1) is 11.7 Å². The molecule has 166 valence electrons. The van der Waals surface area contributed by atoms with Crippen LogP contribution in [-0.4, -0.2) is 33.1 Å².